The van der Waals surface area contributed by atoms with Gasteiger partial charge in [-0.25, -0.2) is 0 Å². The molecule has 4 rings (SSSR count). The first-order valence-electron chi connectivity index (χ1n) is 6.49. The van der Waals surface area contributed by atoms with Gasteiger partial charge in [-0.1, -0.05) is 54.6 Å². The van der Waals surface area contributed by atoms with Crippen molar-refractivity contribution in [2.45, 2.75) is 0 Å². The van der Waals surface area contributed by atoms with E-state index < -0.39 is 0 Å². The Morgan fingerprint density at radius 1 is 0.700 bits per heavy atom. The number of thiophene rings is 1. The lowest BCUT2D eigenvalue weighted by molar-refractivity contribution is 1.66. The van der Waals surface area contributed by atoms with Gasteiger partial charge >= 0.3 is 0 Å². The number of rotatable bonds is 1. The Balaban J connectivity index is 2.24. The van der Waals surface area contributed by atoms with Crippen molar-refractivity contribution in [2.24, 2.45) is 0 Å². The molecule has 0 saturated heterocycles. The van der Waals surface area contributed by atoms with Crippen LogP contribution in [0.1, 0.15) is 0 Å². The summed E-state index contributed by atoms with van der Waals surface area (Å²) in [7, 11) is 0. The third-order valence-electron chi connectivity index (χ3n) is 3.63. The molecule has 0 N–H and O–H groups in total. The number of halogens is 1. The van der Waals surface area contributed by atoms with Gasteiger partial charge in [0.1, 0.15) is 0 Å². The van der Waals surface area contributed by atoms with Crippen molar-refractivity contribution in [1.82, 2.24) is 0 Å². The summed E-state index contributed by atoms with van der Waals surface area (Å²) < 4.78 is 2.73. The van der Waals surface area contributed by atoms with Crippen LogP contribution in [0.4, 0.5) is 0 Å². The van der Waals surface area contributed by atoms with Gasteiger partial charge in [0.15, 0.2) is 0 Å². The standard InChI is InChI=1S/C18H11IS/c19-17-14-9-5-4-8-13(14)15-10-11-20-18(15)16(17)12-6-2-1-3-7-12/h1-11H. The van der Waals surface area contributed by atoms with Crippen LogP contribution in [0.3, 0.4) is 0 Å². The van der Waals surface area contributed by atoms with Gasteiger partial charge in [0, 0.05) is 19.2 Å². The van der Waals surface area contributed by atoms with Gasteiger partial charge in [-0.05, 0) is 50.4 Å². The summed E-state index contributed by atoms with van der Waals surface area (Å²) in [5.74, 6) is 0. The highest BCUT2D eigenvalue weighted by Gasteiger charge is 2.14. The summed E-state index contributed by atoms with van der Waals surface area (Å²) in [6, 6.07) is 21.6. The highest BCUT2D eigenvalue weighted by molar-refractivity contribution is 14.1. The van der Waals surface area contributed by atoms with Crippen molar-refractivity contribution in [3.05, 3.63) is 69.6 Å². The van der Waals surface area contributed by atoms with E-state index >= 15 is 0 Å². The molecule has 0 aliphatic rings. The minimum atomic E-state index is 1.30. The number of hydrogen-bond acceptors (Lipinski definition) is 1. The maximum atomic E-state index is 2.49. The fraction of sp³-hybridized carbons (Fsp3) is 0. The Labute approximate surface area is 135 Å². The first-order chi connectivity index (χ1) is 9.86. The van der Waals surface area contributed by atoms with Crippen molar-refractivity contribution < 1.29 is 0 Å². The molecule has 96 valence electrons. The van der Waals surface area contributed by atoms with Gasteiger partial charge in [0.2, 0.25) is 0 Å². The summed E-state index contributed by atoms with van der Waals surface area (Å²) in [5, 5.41) is 6.26. The molecule has 4 aromatic rings. The van der Waals surface area contributed by atoms with Crippen LogP contribution in [0.25, 0.3) is 32.0 Å². The van der Waals surface area contributed by atoms with E-state index in [1.165, 1.54) is 35.6 Å². The zero-order valence-electron chi connectivity index (χ0n) is 10.6. The average Bonchev–Trinajstić information content (AvgIpc) is 2.98. The molecule has 0 spiro atoms. The summed E-state index contributed by atoms with van der Waals surface area (Å²) in [4.78, 5) is 0. The predicted octanol–water partition coefficient (Wildman–Crippen LogP) is 6.33. The summed E-state index contributed by atoms with van der Waals surface area (Å²) in [6.07, 6.45) is 0. The summed E-state index contributed by atoms with van der Waals surface area (Å²) >= 11 is 4.33. The predicted molar refractivity (Wildman–Crippen MR) is 97.5 cm³/mol. The van der Waals surface area contributed by atoms with Crippen LogP contribution in [0, 0.1) is 3.57 Å². The molecule has 2 heteroatoms. The van der Waals surface area contributed by atoms with Crippen LogP contribution in [-0.4, -0.2) is 0 Å². The van der Waals surface area contributed by atoms with Gasteiger partial charge in [-0.2, -0.15) is 0 Å². The van der Waals surface area contributed by atoms with E-state index in [0.29, 0.717) is 0 Å². The van der Waals surface area contributed by atoms with Crippen LogP contribution in [0.5, 0.6) is 0 Å². The summed E-state index contributed by atoms with van der Waals surface area (Å²) in [5.41, 5.74) is 2.67. The van der Waals surface area contributed by atoms with Crippen molar-refractivity contribution >= 4 is 54.8 Å². The maximum absolute atomic E-state index is 2.49. The van der Waals surface area contributed by atoms with Gasteiger partial charge in [-0.15, -0.1) is 11.3 Å². The molecular formula is C18H11IS. The monoisotopic (exact) mass is 386 g/mol. The minimum absolute atomic E-state index is 1.30. The van der Waals surface area contributed by atoms with Crippen molar-refractivity contribution in [3.8, 4) is 11.1 Å². The van der Waals surface area contributed by atoms with E-state index in [0.717, 1.165) is 0 Å². The zero-order chi connectivity index (χ0) is 13.5. The fourth-order valence-corrected chi connectivity index (χ4v) is 4.94. The van der Waals surface area contributed by atoms with Gasteiger partial charge in [-0.3, -0.25) is 0 Å². The third kappa shape index (κ3) is 1.79. The SMILES string of the molecule is Ic1c(-c2ccccc2)c2sccc2c2ccccc12. The zero-order valence-corrected chi connectivity index (χ0v) is 13.6. The highest BCUT2D eigenvalue weighted by atomic mass is 127. The second kappa shape index (κ2) is 4.86. The van der Waals surface area contributed by atoms with Crippen molar-refractivity contribution in [3.63, 3.8) is 0 Å². The lowest BCUT2D eigenvalue weighted by atomic mass is 9.98. The number of fused-ring (bicyclic) bond motifs is 3. The van der Waals surface area contributed by atoms with Gasteiger partial charge < -0.3 is 0 Å². The lowest BCUT2D eigenvalue weighted by Gasteiger charge is -2.11. The van der Waals surface area contributed by atoms with Gasteiger partial charge in [0.05, 0.1) is 0 Å². The number of benzene rings is 3. The maximum Gasteiger partial charge on any atom is 0.0438 e. The van der Waals surface area contributed by atoms with Crippen molar-refractivity contribution in [2.75, 3.05) is 0 Å². The van der Waals surface area contributed by atoms with Gasteiger partial charge in [0.25, 0.3) is 0 Å². The molecule has 0 nitrogen and oxygen atoms in total. The van der Waals surface area contributed by atoms with E-state index in [9.17, 15) is 0 Å². The fourth-order valence-electron chi connectivity index (χ4n) is 2.72. The normalized spacial score (nSPS) is 11.2. The van der Waals surface area contributed by atoms with Crippen LogP contribution < -0.4 is 0 Å². The quantitative estimate of drug-likeness (QED) is 0.336. The minimum Gasteiger partial charge on any atom is -0.143 e. The van der Waals surface area contributed by atoms with E-state index in [4.69, 9.17) is 0 Å². The Kier molecular flexibility index (Phi) is 3.00. The lowest BCUT2D eigenvalue weighted by Crippen LogP contribution is -1.86. The Bertz CT molecular complexity index is 907. The molecule has 1 heterocycles. The van der Waals surface area contributed by atoms with E-state index in [1.807, 2.05) is 11.3 Å². The Morgan fingerprint density at radius 3 is 2.20 bits per heavy atom. The highest BCUT2D eigenvalue weighted by Crippen LogP contribution is 2.41. The van der Waals surface area contributed by atoms with E-state index in [-0.39, 0.29) is 0 Å². The van der Waals surface area contributed by atoms with Crippen LogP contribution in [0.2, 0.25) is 0 Å². The third-order valence-corrected chi connectivity index (χ3v) is 5.68. The molecule has 0 amide bonds. The van der Waals surface area contributed by atoms with Crippen LogP contribution in [-0.2, 0) is 0 Å². The Morgan fingerprint density at radius 2 is 1.40 bits per heavy atom. The van der Waals surface area contributed by atoms with Crippen molar-refractivity contribution in [1.29, 1.82) is 0 Å². The van der Waals surface area contributed by atoms with Crippen LogP contribution >= 0.6 is 33.9 Å². The largest absolute Gasteiger partial charge is 0.143 e. The molecule has 1 aromatic heterocycles. The second-order valence-electron chi connectivity index (χ2n) is 4.76. The van der Waals surface area contributed by atoms with E-state index in [2.05, 4.69) is 88.6 Å². The molecule has 0 saturated carbocycles. The first kappa shape index (κ1) is 12.4. The molecule has 0 unspecified atom stereocenters. The average molecular weight is 386 g/mol. The topological polar surface area (TPSA) is 0 Å². The molecule has 0 atom stereocenters. The Hall–Kier alpha value is -1.39. The molecule has 0 radical (unpaired) electrons. The van der Waals surface area contributed by atoms with Crippen LogP contribution in [0.15, 0.2) is 66.0 Å². The molecule has 3 aromatic carbocycles. The first-order valence-corrected chi connectivity index (χ1v) is 8.45. The number of hydrogen-bond donors (Lipinski definition) is 0. The molecular weight excluding hydrogens is 375 g/mol. The summed E-state index contributed by atoms with van der Waals surface area (Å²) in [6.45, 7) is 0. The smallest absolute Gasteiger partial charge is 0.0438 e. The molecule has 0 aliphatic carbocycles. The van der Waals surface area contributed by atoms with E-state index in [1.54, 1.807) is 0 Å². The molecule has 0 bridgehead atoms. The second-order valence-corrected chi connectivity index (χ2v) is 6.76. The molecule has 0 aliphatic heterocycles. The molecule has 20 heavy (non-hydrogen) atoms. The molecule has 0 fully saturated rings.